The molecule has 0 radical (unpaired) electrons. The molecule has 5 nitrogen and oxygen atoms in total. The molecule has 1 aliphatic heterocycles. The number of hydrogen-bond donors (Lipinski definition) is 1. The molecule has 1 N–H and O–H groups in total. The Labute approximate surface area is 177 Å². The average Bonchev–Trinajstić information content (AvgIpc) is 2.77. The van der Waals surface area contributed by atoms with E-state index in [1.165, 1.54) is 17.0 Å². The van der Waals surface area contributed by atoms with Crippen LogP contribution in [-0.4, -0.2) is 18.9 Å². The number of carbonyl (C=O) groups excluding carboxylic acids is 2. The van der Waals surface area contributed by atoms with Crippen LogP contribution in [0.1, 0.15) is 26.3 Å². The fourth-order valence-electron chi connectivity index (χ4n) is 3.14. The second kappa shape index (κ2) is 7.43. The van der Waals surface area contributed by atoms with Crippen molar-refractivity contribution in [2.24, 2.45) is 0 Å². The molecular weight excluding hydrogens is 411 g/mol. The molecule has 0 fully saturated rings. The van der Waals surface area contributed by atoms with Gasteiger partial charge in [-0.25, -0.2) is 0 Å². The fourth-order valence-corrected chi connectivity index (χ4v) is 3.66. The summed E-state index contributed by atoms with van der Waals surface area (Å²) in [5.74, 6) is 0.402. The zero-order valence-corrected chi connectivity index (χ0v) is 17.1. The molecule has 3 aromatic rings. The minimum atomic E-state index is -0.386. The molecule has 4 rings (SSSR count). The zero-order valence-electron chi connectivity index (χ0n) is 15.6. The van der Waals surface area contributed by atoms with Crippen molar-refractivity contribution in [1.82, 2.24) is 0 Å². The number of nitrogens with one attached hydrogen (secondary N) is 1. The van der Waals surface area contributed by atoms with Crippen LogP contribution in [0, 0.1) is 6.92 Å². The van der Waals surface area contributed by atoms with E-state index >= 15 is 0 Å². The number of fused-ring (bicyclic) bond motifs is 2. The van der Waals surface area contributed by atoms with Crippen molar-refractivity contribution in [3.8, 4) is 11.5 Å². The summed E-state index contributed by atoms with van der Waals surface area (Å²) in [6.07, 6.45) is 0. The number of ether oxygens (including phenoxy) is 1. The number of benzene rings is 3. The summed E-state index contributed by atoms with van der Waals surface area (Å²) in [7, 11) is 1.69. The molecule has 3 aromatic carbocycles. The van der Waals surface area contributed by atoms with Crippen LogP contribution in [0.4, 0.5) is 11.4 Å². The van der Waals surface area contributed by atoms with E-state index in [-0.39, 0.29) is 11.8 Å². The number of carbonyl (C=O) groups is 2. The first-order valence-electron chi connectivity index (χ1n) is 8.80. The Morgan fingerprint density at radius 3 is 2.38 bits per heavy atom. The molecule has 0 saturated carbocycles. The number of aryl methyl sites for hydroxylation is 1. The van der Waals surface area contributed by atoms with Gasteiger partial charge in [-0.05, 0) is 61.0 Å². The van der Waals surface area contributed by atoms with Crippen molar-refractivity contribution < 1.29 is 14.3 Å². The second-order valence-electron chi connectivity index (χ2n) is 6.76. The number of rotatable bonds is 2. The number of amides is 2. The summed E-state index contributed by atoms with van der Waals surface area (Å²) in [5, 5.41) is 3.49. The lowest BCUT2D eigenvalue weighted by molar-refractivity contribution is 0.0990. The summed E-state index contributed by atoms with van der Waals surface area (Å²) in [4.78, 5) is 27.1. The normalized spacial score (nSPS) is 12.6. The molecular formula is C22H16Cl2N2O3. The van der Waals surface area contributed by atoms with Crippen LogP contribution in [0.15, 0.2) is 54.6 Å². The Morgan fingerprint density at radius 2 is 1.66 bits per heavy atom. The van der Waals surface area contributed by atoms with Crippen molar-refractivity contribution in [2.45, 2.75) is 6.92 Å². The Hall–Kier alpha value is -3.02. The van der Waals surface area contributed by atoms with Gasteiger partial charge in [-0.15, -0.1) is 0 Å². The van der Waals surface area contributed by atoms with Gasteiger partial charge >= 0.3 is 0 Å². The lowest BCUT2D eigenvalue weighted by atomic mass is 10.1. The Morgan fingerprint density at radius 1 is 0.966 bits per heavy atom. The Balaban J connectivity index is 1.66. The molecule has 0 saturated heterocycles. The van der Waals surface area contributed by atoms with Gasteiger partial charge in [-0.1, -0.05) is 29.3 Å². The molecule has 0 spiro atoms. The number of anilines is 2. The van der Waals surface area contributed by atoms with Gasteiger partial charge < -0.3 is 15.0 Å². The SMILES string of the molecule is Cc1ccc2c(c1)N(C)C(=O)c1cc(NC(=O)c3cc(Cl)cc(Cl)c3)ccc1O2. The van der Waals surface area contributed by atoms with Gasteiger partial charge in [-0.2, -0.15) is 0 Å². The van der Waals surface area contributed by atoms with Crippen LogP contribution in [0.3, 0.4) is 0 Å². The second-order valence-corrected chi connectivity index (χ2v) is 7.63. The third-order valence-electron chi connectivity index (χ3n) is 4.59. The van der Waals surface area contributed by atoms with Crippen LogP contribution in [-0.2, 0) is 0 Å². The first-order valence-corrected chi connectivity index (χ1v) is 9.55. The Bertz CT molecular complexity index is 1140. The smallest absolute Gasteiger partial charge is 0.261 e. The lowest BCUT2D eigenvalue weighted by Gasteiger charge is -2.16. The molecule has 2 amide bonds. The van der Waals surface area contributed by atoms with Crippen LogP contribution in [0.2, 0.25) is 10.0 Å². The predicted molar refractivity (Wildman–Crippen MR) is 115 cm³/mol. The highest BCUT2D eigenvalue weighted by Gasteiger charge is 2.26. The minimum Gasteiger partial charge on any atom is -0.454 e. The first-order chi connectivity index (χ1) is 13.8. The van der Waals surface area contributed by atoms with E-state index in [2.05, 4.69) is 5.32 Å². The zero-order chi connectivity index (χ0) is 20.7. The van der Waals surface area contributed by atoms with Crippen LogP contribution < -0.4 is 15.0 Å². The molecule has 1 heterocycles. The standard InChI is InChI=1S/C22H16Cl2N2O3/c1-12-3-5-20-18(7-12)26(2)22(28)17-11-16(4-6-19(17)29-20)25-21(27)13-8-14(23)10-15(24)9-13/h3-11H,1-2H3,(H,25,27). The van der Waals surface area contributed by atoms with Gasteiger partial charge in [-0.3, -0.25) is 9.59 Å². The maximum atomic E-state index is 13.0. The third kappa shape index (κ3) is 3.79. The van der Waals surface area contributed by atoms with E-state index in [0.717, 1.165) is 5.56 Å². The minimum absolute atomic E-state index is 0.230. The van der Waals surface area contributed by atoms with E-state index in [9.17, 15) is 9.59 Å². The summed E-state index contributed by atoms with van der Waals surface area (Å²) in [6, 6.07) is 15.2. The highest BCUT2D eigenvalue weighted by molar-refractivity contribution is 6.35. The number of hydrogen-bond acceptors (Lipinski definition) is 3. The fraction of sp³-hybridized carbons (Fsp3) is 0.0909. The number of nitrogens with zero attached hydrogens (tertiary/aromatic N) is 1. The van der Waals surface area contributed by atoms with Crippen molar-refractivity contribution in [1.29, 1.82) is 0 Å². The van der Waals surface area contributed by atoms with Gasteiger partial charge in [0.1, 0.15) is 5.75 Å². The molecule has 29 heavy (non-hydrogen) atoms. The monoisotopic (exact) mass is 426 g/mol. The molecule has 1 aliphatic rings. The summed E-state index contributed by atoms with van der Waals surface area (Å²) in [5.41, 5.74) is 2.83. The quantitative estimate of drug-likeness (QED) is 0.551. The van der Waals surface area contributed by atoms with E-state index in [0.29, 0.717) is 44.0 Å². The largest absolute Gasteiger partial charge is 0.454 e. The molecule has 0 aliphatic carbocycles. The van der Waals surface area contributed by atoms with E-state index in [4.69, 9.17) is 27.9 Å². The van der Waals surface area contributed by atoms with Gasteiger partial charge in [0.05, 0.1) is 11.3 Å². The molecule has 146 valence electrons. The van der Waals surface area contributed by atoms with Crippen molar-refractivity contribution in [3.05, 3.63) is 81.3 Å². The number of halogens is 2. The average molecular weight is 427 g/mol. The summed E-state index contributed by atoms with van der Waals surface area (Å²) in [6.45, 7) is 1.95. The topological polar surface area (TPSA) is 58.6 Å². The maximum absolute atomic E-state index is 13.0. The molecule has 0 aromatic heterocycles. The molecule has 7 heteroatoms. The van der Waals surface area contributed by atoms with Crippen molar-refractivity contribution >= 4 is 46.4 Å². The molecule has 0 atom stereocenters. The van der Waals surface area contributed by atoms with Crippen molar-refractivity contribution in [3.63, 3.8) is 0 Å². The third-order valence-corrected chi connectivity index (χ3v) is 5.03. The van der Waals surface area contributed by atoms with E-state index in [1.807, 2.05) is 25.1 Å². The summed E-state index contributed by atoms with van der Waals surface area (Å²) < 4.78 is 5.96. The van der Waals surface area contributed by atoms with Gasteiger partial charge in [0, 0.05) is 28.3 Å². The van der Waals surface area contributed by atoms with Gasteiger partial charge in [0.25, 0.3) is 11.8 Å². The molecule has 0 bridgehead atoms. The van der Waals surface area contributed by atoms with Crippen LogP contribution in [0.5, 0.6) is 11.5 Å². The van der Waals surface area contributed by atoms with E-state index < -0.39 is 0 Å². The van der Waals surface area contributed by atoms with E-state index in [1.54, 1.807) is 31.3 Å². The van der Waals surface area contributed by atoms with Crippen LogP contribution in [0.25, 0.3) is 0 Å². The lowest BCUT2D eigenvalue weighted by Crippen LogP contribution is -2.25. The van der Waals surface area contributed by atoms with Gasteiger partial charge in [0.2, 0.25) is 0 Å². The highest BCUT2D eigenvalue weighted by Crippen LogP contribution is 2.39. The van der Waals surface area contributed by atoms with Gasteiger partial charge in [0.15, 0.2) is 5.75 Å². The molecule has 0 unspecified atom stereocenters. The summed E-state index contributed by atoms with van der Waals surface area (Å²) >= 11 is 11.9. The van der Waals surface area contributed by atoms with Crippen LogP contribution >= 0.6 is 23.2 Å². The first kappa shape index (κ1) is 19.3. The maximum Gasteiger partial charge on any atom is 0.261 e. The van der Waals surface area contributed by atoms with Crippen molar-refractivity contribution in [2.75, 3.05) is 17.3 Å². The highest BCUT2D eigenvalue weighted by atomic mass is 35.5. The predicted octanol–water partition coefficient (Wildman–Crippen LogP) is 5.94. The Kier molecular flexibility index (Phi) is 4.94.